The fraction of sp³-hybridized carbons (Fsp3) is 0.105. The molecule has 0 radical (unpaired) electrons. The van der Waals surface area contributed by atoms with Gasteiger partial charge in [-0.15, -0.1) is 0 Å². The molecule has 0 heterocycles. The van der Waals surface area contributed by atoms with Crippen LogP contribution in [0.25, 0.3) is 0 Å². The largest absolute Gasteiger partial charge is 0.279 e. The molecule has 1 heteroatoms. The van der Waals surface area contributed by atoms with Crippen molar-refractivity contribution in [1.82, 2.24) is 0 Å². The van der Waals surface area contributed by atoms with E-state index in [1.165, 1.54) is 5.56 Å². The highest BCUT2D eigenvalue weighted by Gasteiger charge is 1.99. The number of rotatable bonds is 1. The van der Waals surface area contributed by atoms with Crippen molar-refractivity contribution in [3.63, 3.8) is 0 Å². The lowest BCUT2D eigenvalue weighted by molar-refractivity contribution is 0.105. The minimum absolute atomic E-state index is 0.205. The number of hydrogen-bond donors (Lipinski definition) is 0. The fourth-order valence-electron chi connectivity index (χ4n) is 1.61. The minimum Gasteiger partial charge on any atom is -0.279 e. The molecule has 20 heavy (non-hydrogen) atoms. The van der Waals surface area contributed by atoms with Crippen molar-refractivity contribution in [2.75, 3.05) is 0 Å². The van der Waals surface area contributed by atoms with Crippen LogP contribution in [-0.2, 0) is 0 Å². The third-order valence-electron chi connectivity index (χ3n) is 2.81. The highest BCUT2D eigenvalue weighted by molar-refractivity contribution is 6.09. The van der Waals surface area contributed by atoms with Crippen LogP contribution in [0.2, 0.25) is 0 Å². The first-order valence-electron chi connectivity index (χ1n) is 6.35. The van der Waals surface area contributed by atoms with Crippen LogP contribution in [0.15, 0.2) is 48.5 Å². The molecule has 0 spiro atoms. The van der Waals surface area contributed by atoms with Gasteiger partial charge in [-0.2, -0.15) is 0 Å². The summed E-state index contributed by atoms with van der Waals surface area (Å²) < 4.78 is 0. The highest BCUT2D eigenvalue weighted by atomic mass is 16.1. The van der Waals surface area contributed by atoms with Crippen molar-refractivity contribution >= 4 is 5.78 Å². The van der Waals surface area contributed by atoms with Crippen molar-refractivity contribution in [3.05, 3.63) is 70.8 Å². The molecule has 0 amide bonds. The Labute approximate surface area is 119 Å². The highest BCUT2D eigenvalue weighted by Crippen LogP contribution is 2.03. The second kappa shape index (κ2) is 6.41. The molecule has 0 atom stereocenters. The topological polar surface area (TPSA) is 17.1 Å². The molecule has 2 aromatic carbocycles. The minimum atomic E-state index is -0.205. The monoisotopic (exact) mass is 258 g/mol. The van der Waals surface area contributed by atoms with Gasteiger partial charge in [-0.3, -0.25) is 4.79 Å². The van der Waals surface area contributed by atoms with Gasteiger partial charge in [0.15, 0.2) is 0 Å². The molecule has 1 nitrogen and oxygen atoms in total. The summed E-state index contributed by atoms with van der Waals surface area (Å²) >= 11 is 0. The van der Waals surface area contributed by atoms with Gasteiger partial charge in [-0.1, -0.05) is 53.4 Å². The fourth-order valence-corrected chi connectivity index (χ4v) is 1.61. The number of hydrogen-bond acceptors (Lipinski definition) is 1. The Balaban J connectivity index is 2.06. The summed E-state index contributed by atoms with van der Waals surface area (Å²) in [6, 6.07) is 15.2. The maximum atomic E-state index is 11.8. The van der Waals surface area contributed by atoms with Gasteiger partial charge in [-0.25, -0.2) is 0 Å². The Morgan fingerprint density at radius 2 is 1.35 bits per heavy atom. The van der Waals surface area contributed by atoms with Gasteiger partial charge in [0.25, 0.3) is 0 Å². The molecule has 0 fully saturated rings. The molecule has 2 rings (SSSR count). The predicted octanol–water partition coefficient (Wildman–Crippen LogP) is 3.54. The van der Waals surface area contributed by atoms with Crippen LogP contribution in [0.3, 0.4) is 0 Å². The maximum Gasteiger partial charge on any atom is 0.236 e. The first-order valence-corrected chi connectivity index (χ1v) is 6.35. The SMILES string of the molecule is Cc1ccc(C#CC#CC(=O)c2ccc(C)cc2)cc1. The average Bonchev–Trinajstić information content (AvgIpc) is 2.46. The lowest BCUT2D eigenvalue weighted by atomic mass is 10.1. The first kappa shape index (κ1) is 13.7. The van der Waals surface area contributed by atoms with Crippen molar-refractivity contribution in [1.29, 1.82) is 0 Å². The summed E-state index contributed by atoms with van der Waals surface area (Å²) in [5, 5.41) is 0. The van der Waals surface area contributed by atoms with Crippen LogP contribution >= 0.6 is 0 Å². The van der Waals surface area contributed by atoms with Crippen LogP contribution < -0.4 is 0 Å². The lowest BCUT2D eigenvalue weighted by Gasteiger charge is -1.93. The molecule has 2 aromatic rings. The van der Waals surface area contributed by atoms with Crippen molar-refractivity contribution in [2.45, 2.75) is 13.8 Å². The summed E-state index contributed by atoms with van der Waals surface area (Å²) in [4.78, 5) is 11.8. The van der Waals surface area contributed by atoms with Gasteiger partial charge in [0.1, 0.15) is 0 Å². The molecule has 0 bridgehead atoms. The standard InChI is InChI=1S/C19H14O/c1-15-7-11-17(12-8-15)5-3-4-6-19(20)18-13-9-16(2)10-14-18/h7-14H,1-2H3. The van der Waals surface area contributed by atoms with Gasteiger partial charge in [0.05, 0.1) is 0 Å². The average molecular weight is 258 g/mol. The normalized spacial score (nSPS) is 8.90. The van der Waals surface area contributed by atoms with E-state index >= 15 is 0 Å². The third-order valence-corrected chi connectivity index (χ3v) is 2.81. The summed E-state index contributed by atoms with van der Waals surface area (Å²) in [5.41, 5.74) is 3.80. The van der Waals surface area contributed by atoms with E-state index in [0.717, 1.165) is 11.1 Å². The van der Waals surface area contributed by atoms with Crippen molar-refractivity contribution < 1.29 is 4.79 Å². The number of ketones is 1. The number of carbonyl (C=O) groups is 1. The number of benzene rings is 2. The Morgan fingerprint density at radius 1 is 0.800 bits per heavy atom. The number of Topliss-reactive ketones (excluding diaryl/α,β-unsaturated/α-hetero) is 1. The number of aryl methyl sites for hydroxylation is 2. The molecule has 0 N–H and O–H groups in total. The van der Waals surface area contributed by atoms with Gasteiger partial charge < -0.3 is 0 Å². The van der Waals surface area contributed by atoms with Crippen LogP contribution in [-0.4, -0.2) is 5.78 Å². The van der Waals surface area contributed by atoms with E-state index in [9.17, 15) is 4.79 Å². The van der Waals surface area contributed by atoms with E-state index in [4.69, 9.17) is 0 Å². The molecular weight excluding hydrogens is 244 g/mol. The van der Waals surface area contributed by atoms with E-state index in [2.05, 4.69) is 23.7 Å². The van der Waals surface area contributed by atoms with Crippen LogP contribution in [0, 0.1) is 37.5 Å². The summed E-state index contributed by atoms with van der Waals surface area (Å²) in [6.45, 7) is 4.00. The van der Waals surface area contributed by atoms with E-state index in [1.54, 1.807) is 12.1 Å². The Bertz CT molecular complexity index is 727. The van der Waals surface area contributed by atoms with Crippen molar-refractivity contribution in [2.24, 2.45) is 0 Å². The second-order valence-corrected chi connectivity index (χ2v) is 4.56. The van der Waals surface area contributed by atoms with Crippen LogP contribution in [0.4, 0.5) is 0 Å². The molecule has 0 unspecified atom stereocenters. The molecule has 0 saturated carbocycles. The zero-order valence-electron chi connectivity index (χ0n) is 11.5. The van der Waals surface area contributed by atoms with E-state index < -0.39 is 0 Å². The number of carbonyl (C=O) groups excluding carboxylic acids is 1. The molecule has 0 saturated heterocycles. The quantitative estimate of drug-likeness (QED) is 0.434. The zero-order valence-corrected chi connectivity index (χ0v) is 11.5. The van der Waals surface area contributed by atoms with E-state index in [1.807, 2.05) is 50.2 Å². The zero-order chi connectivity index (χ0) is 14.4. The molecule has 0 aliphatic rings. The van der Waals surface area contributed by atoms with Gasteiger partial charge >= 0.3 is 0 Å². The second-order valence-electron chi connectivity index (χ2n) is 4.56. The van der Waals surface area contributed by atoms with E-state index in [0.29, 0.717) is 5.56 Å². The Hall–Kier alpha value is -2.77. The van der Waals surface area contributed by atoms with Crippen molar-refractivity contribution in [3.8, 4) is 23.7 Å². The van der Waals surface area contributed by atoms with Crippen LogP contribution in [0.5, 0.6) is 0 Å². The molecular formula is C19H14O. The lowest BCUT2D eigenvalue weighted by Crippen LogP contribution is -1.94. The van der Waals surface area contributed by atoms with Gasteiger partial charge in [0.2, 0.25) is 5.78 Å². The predicted molar refractivity (Wildman–Crippen MR) is 81.3 cm³/mol. The van der Waals surface area contributed by atoms with Gasteiger partial charge in [-0.05, 0) is 43.7 Å². The van der Waals surface area contributed by atoms with Crippen LogP contribution in [0.1, 0.15) is 27.0 Å². The molecule has 96 valence electrons. The summed E-state index contributed by atoms with van der Waals surface area (Å²) in [5.74, 6) is 10.5. The third kappa shape index (κ3) is 3.87. The smallest absolute Gasteiger partial charge is 0.236 e. The maximum absolute atomic E-state index is 11.8. The molecule has 0 aliphatic carbocycles. The summed E-state index contributed by atoms with van der Waals surface area (Å²) in [7, 11) is 0. The Morgan fingerprint density at radius 3 is 1.95 bits per heavy atom. The van der Waals surface area contributed by atoms with E-state index in [-0.39, 0.29) is 5.78 Å². The Kier molecular flexibility index (Phi) is 4.38. The summed E-state index contributed by atoms with van der Waals surface area (Å²) in [6.07, 6.45) is 0. The first-order chi connectivity index (χ1) is 9.65. The molecule has 0 aromatic heterocycles. The molecule has 0 aliphatic heterocycles. The van der Waals surface area contributed by atoms with Gasteiger partial charge in [0, 0.05) is 11.1 Å².